The Bertz CT molecular complexity index is 415. The van der Waals surface area contributed by atoms with Crippen molar-refractivity contribution in [1.29, 1.82) is 0 Å². The molecule has 1 aliphatic carbocycles. The number of hydrogen-bond donors (Lipinski definition) is 1. The van der Waals surface area contributed by atoms with Crippen LogP contribution in [-0.2, 0) is 11.3 Å². The molecule has 1 aliphatic rings. The first kappa shape index (κ1) is 15.8. The van der Waals surface area contributed by atoms with Crippen LogP contribution in [0, 0.1) is 5.92 Å². The summed E-state index contributed by atoms with van der Waals surface area (Å²) >= 11 is 6.30. The highest BCUT2D eigenvalue weighted by Crippen LogP contribution is 2.35. The lowest BCUT2D eigenvalue weighted by atomic mass is 9.82. The summed E-state index contributed by atoms with van der Waals surface area (Å²) in [6, 6.07) is -0.204. The number of nitrogens with two attached hydrogens (primary N) is 1. The van der Waals surface area contributed by atoms with Crippen molar-refractivity contribution in [2.75, 3.05) is 7.11 Å². The van der Waals surface area contributed by atoms with E-state index in [-0.39, 0.29) is 12.1 Å². The van der Waals surface area contributed by atoms with Crippen LogP contribution in [0.5, 0.6) is 0 Å². The van der Waals surface area contributed by atoms with Gasteiger partial charge in [0.1, 0.15) is 0 Å². The van der Waals surface area contributed by atoms with Crippen molar-refractivity contribution < 1.29 is 4.74 Å². The van der Waals surface area contributed by atoms with Gasteiger partial charge in [-0.15, -0.1) is 0 Å². The molecular formula is C15H26ClN3O. The second-order valence-electron chi connectivity index (χ2n) is 5.73. The van der Waals surface area contributed by atoms with Crippen LogP contribution in [0.3, 0.4) is 0 Å². The lowest BCUT2D eigenvalue weighted by molar-refractivity contribution is 0.0153. The van der Waals surface area contributed by atoms with Crippen LogP contribution in [0.15, 0.2) is 6.20 Å². The van der Waals surface area contributed by atoms with Crippen LogP contribution in [0.2, 0.25) is 5.02 Å². The van der Waals surface area contributed by atoms with Crippen LogP contribution >= 0.6 is 11.6 Å². The molecule has 2 atom stereocenters. The standard InChI is InChI=1S/C15H26ClN3O/c1-3-9-19-14(12(16)10-18-19)13(17)15(20-2)11-7-5-4-6-8-11/h10-11,13,15H,3-9,17H2,1-2H3. The summed E-state index contributed by atoms with van der Waals surface area (Å²) in [7, 11) is 1.76. The number of aromatic nitrogens is 2. The Kier molecular flexibility index (Phi) is 5.87. The van der Waals surface area contributed by atoms with Gasteiger partial charge in [0.15, 0.2) is 0 Å². The Balaban J connectivity index is 2.18. The molecule has 1 aromatic rings. The number of halogens is 1. The zero-order valence-corrected chi connectivity index (χ0v) is 13.3. The molecule has 0 aromatic carbocycles. The molecule has 0 saturated heterocycles. The van der Waals surface area contributed by atoms with Gasteiger partial charge in [0.2, 0.25) is 0 Å². The fraction of sp³-hybridized carbons (Fsp3) is 0.800. The lowest BCUT2D eigenvalue weighted by Crippen LogP contribution is -2.37. The number of methoxy groups -OCH3 is 1. The summed E-state index contributed by atoms with van der Waals surface area (Å²) < 4.78 is 7.67. The molecule has 114 valence electrons. The molecule has 0 amide bonds. The smallest absolute Gasteiger partial charge is 0.0835 e. The van der Waals surface area contributed by atoms with E-state index < -0.39 is 0 Å². The summed E-state index contributed by atoms with van der Waals surface area (Å²) in [5, 5.41) is 4.99. The predicted octanol–water partition coefficient (Wildman–Crippen LogP) is 3.54. The highest BCUT2D eigenvalue weighted by Gasteiger charge is 2.32. The Hall–Kier alpha value is -0.580. The number of ether oxygens (including phenoxy) is 1. The van der Waals surface area contributed by atoms with Crippen LogP contribution in [-0.4, -0.2) is 23.0 Å². The third-order valence-corrected chi connectivity index (χ3v) is 4.62. The summed E-state index contributed by atoms with van der Waals surface area (Å²) in [4.78, 5) is 0. The second kappa shape index (κ2) is 7.43. The first-order valence-electron chi connectivity index (χ1n) is 7.68. The van der Waals surface area contributed by atoms with Gasteiger partial charge in [0.05, 0.1) is 29.1 Å². The van der Waals surface area contributed by atoms with Gasteiger partial charge < -0.3 is 10.5 Å². The van der Waals surface area contributed by atoms with Crippen molar-refractivity contribution in [3.63, 3.8) is 0 Å². The molecule has 4 nitrogen and oxygen atoms in total. The molecule has 20 heavy (non-hydrogen) atoms. The van der Waals surface area contributed by atoms with E-state index in [0.29, 0.717) is 10.9 Å². The molecular weight excluding hydrogens is 274 g/mol. The van der Waals surface area contributed by atoms with Gasteiger partial charge in [-0.1, -0.05) is 37.8 Å². The van der Waals surface area contributed by atoms with Gasteiger partial charge in [-0.25, -0.2) is 0 Å². The predicted molar refractivity (Wildman–Crippen MR) is 81.8 cm³/mol. The number of hydrogen-bond acceptors (Lipinski definition) is 3. The van der Waals surface area contributed by atoms with Crippen molar-refractivity contribution in [3.05, 3.63) is 16.9 Å². The van der Waals surface area contributed by atoms with Crippen LogP contribution < -0.4 is 5.73 Å². The largest absolute Gasteiger partial charge is 0.379 e. The topological polar surface area (TPSA) is 53.1 Å². The van der Waals surface area contributed by atoms with Crippen molar-refractivity contribution in [1.82, 2.24) is 9.78 Å². The first-order valence-corrected chi connectivity index (χ1v) is 8.06. The van der Waals surface area contributed by atoms with Gasteiger partial charge in [0, 0.05) is 13.7 Å². The van der Waals surface area contributed by atoms with E-state index in [0.717, 1.165) is 18.7 Å². The molecule has 0 spiro atoms. The van der Waals surface area contributed by atoms with E-state index in [9.17, 15) is 0 Å². The third-order valence-electron chi connectivity index (χ3n) is 4.32. The fourth-order valence-electron chi connectivity index (χ4n) is 3.34. The van der Waals surface area contributed by atoms with E-state index >= 15 is 0 Å². The molecule has 0 aliphatic heterocycles. The summed E-state index contributed by atoms with van der Waals surface area (Å²) in [6.45, 7) is 2.97. The normalized spacial score (nSPS) is 20.0. The summed E-state index contributed by atoms with van der Waals surface area (Å²) in [6.07, 6.45) is 9.02. The minimum Gasteiger partial charge on any atom is -0.379 e. The number of rotatable bonds is 6. The maximum absolute atomic E-state index is 6.49. The quantitative estimate of drug-likeness (QED) is 0.874. The van der Waals surface area contributed by atoms with Gasteiger partial charge in [-0.3, -0.25) is 4.68 Å². The Morgan fingerprint density at radius 3 is 2.75 bits per heavy atom. The number of nitrogens with zero attached hydrogens (tertiary/aromatic N) is 2. The molecule has 2 unspecified atom stereocenters. The highest BCUT2D eigenvalue weighted by molar-refractivity contribution is 6.31. The van der Waals surface area contributed by atoms with Crippen molar-refractivity contribution >= 4 is 11.6 Å². The van der Waals surface area contributed by atoms with E-state index in [2.05, 4.69) is 12.0 Å². The molecule has 0 radical (unpaired) electrons. The monoisotopic (exact) mass is 299 g/mol. The molecule has 1 saturated carbocycles. The minimum absolute atomic E-state index is 0.0279. The SMILES string of the molecule is CCCn1ncc(Cl)c1C(N)C(OC)C1CCCCC1. The summed E-state index contributed by atoms with van der Waals surface area (Å²) in [5.74, 6) is 0.532. The van der Waals surface area contributed by atoms with Crippen molar-refractivity contribution in [3.8, 4) is 0 Å². The third kappa shape index (κ3) is 3.35. The average Bonchev–Trinajstić information content (AvgIpc) is 2.82. The average molecular weight is 300 g/mol. The lowest BCUT2D eigenvalue weighted by Gasteiger charge is -2.33. The maximum atomic E-state index is 6.49. The zero-order valence-electron chi connectivity index (χ0n) is 12.5. The van der Waals surface area contributed by atoms with Crippen LogP contribution in [0.4, 0.5) is 0 Å². The van der Waals surface area contributed by atoms with Crippen molar-refractivity contribution in [2.45, 2.75) is 64.1 Å². The zero-order chi connectivity index (χ0) is 14.5. The van der Waals surface area contributed by atoms with Gasteiger partial charge >= 0.3 is 0 Å². The first-order chi connectivity index (χ1) is 9.69. The van der Waals surface area contributed by atoms with Gasteiger partial charge in [-0.2, -0.15) is 5.10 Å². The van der Waals surface area contributed by atoms with Crippen LogP contribution in [0.1, 0.15) is 57.2 Å². The van der Waals surface area contributed by atoms with E-state index in [1.165, 1.54) is 32.1 Å². The van der Waals surface area contributed by atoms with Crippen LogP contribution in [0.25, 0.3) is 0 Å². The Labute approximate surface area is 126 Å². The molecule has 5 heteroatoms. The maximum Gasteiger partial charge on any atom is 0.0835 e. The van der Waals surface area contributed by atoms with E-state index in [1.54, 1.807) is 13.3 Å². The van der Waals surface area contributed by atoms with Crippen molar-refractivity contribution in [2.24, 2.45) is 11.7 Å². The second-order valence-corrected chi connectivity index (χ2v) is 6.13. The summed E-state index contributed by atoms with van der Waals surface area (Å²) in [5.41, 5.74) is 7.41. The highest BCUT2D eigenvalue weighted by atomic mass is 35.5. The van der Waals surface area contributed by atoms with E-state index in [4.69, 9.17) is 22.1 Å². The van der Waals surface area contributed by atoms with Gasteiger partial charge in [-0.05, 0) is 25.2 Å². The molecule has 1 heterocycles. The molecule has 2 N–H and O–H groups in total. The molecule has 2 rings (SSSR count). The minimum atomic E-state index is -0.204. The Morgan fingerprint density at radius 2 is 2.15 bits per heavy atom. The molecule has 1 aromatic heterocycles. The Morgan fingerprint density at radius 1 is 1.45 bits per heavy atom. The van der Waals surface area contributed by atoms with E-state index in [1.807, 2.05) is 4.68 Å². The fourth-order valence-corrected chi connectivity index (χ4v) is 3.61. The number of aryl methyl sites for hydroxylation is 1. The molecule has 1 fully saturated rings. The van der Waals surface area contributed by atoms with Gasteiger partial charge in [0.25, 0.3) is 0 Å². The molecule has 0 bridgehead atoms.